The molecule has 0 fully saturated rings. The summed E-state index contributed by atoms with van der Waals surface area (Å²) < 4.78 is 0. The van der Waals surface area contributed by atoms with Gasteiger partial charge in [0.25, 0.3) is 0 Å². The summed E-state index contributed by atoms with van der Waals surface area (Å²) in [7, 11) is 0. The number of allylic oxidation sites excluding steroid dienone is 4. The lowest BCUT2D eigenvalue weighted by Crippen LogP contribution is -1.95. The highest BCUT2D eigenvalue weighted by Crippen LogP contribution is 2.03. The van der Waals surface area contributed by atoms with Crippen LogP contribution in [0.2, 0.25) is 0 Å². The van der Waals surface area contributed by atoms with E-state index < -0.39 is 12.1 Å². The van der Waals surface area contributed by atoms with Gasteiger partial charge >= 0.3 is 5.97 Å². The fraction of sp³-hybridized carbons (Fsp3) is 0.611. The molecule has 2 N–H and O–H groups in total. The van der Waals surface area contributed by atoms with E-state index in [-0.39, 0.29) is 6.42 Å². The van der Waals surface area contributed by atoms with Crippen molar-refractivity contribution in [3.05, 3.63) is 36.5 Å². The quantitative estimate of drug-likeness (QED) is 0.384. The Labute approximate surface area is 129 Å². The molecule has 0 heterocycles. The number of aliphatic hydroxyl groups excluding tert-OH is 1. The number of carboxylic acids is 1. The van der Waals surface area contributed by atoms with Gasteiger partial charge in [-0.1, -0.05) is 56.2 Å². The second-order valence-electron chi connectivity index (χ2n) is 5.19. The first kappa shape index (κ1) is 19.7. The predicted octanol–water partition coefficient (Wildman–Crippen LogP) is 4.63. The van der Waals surface area contributed by atoms with Crippen LogP contribution in [-0.4, -0.2) is 22.3 Å². The highest BCUT2D eigenvalue weighted by Gasteiger charge is 1.94. The second kappa shape index (κ2) is 15.0. The van der Waals surface area contributed by atoms with Crippen LogP contribution >= 0.6 is 0 Å². The Morgan fingerprint density at radius 3 is 2.33 bits per heavy atom. The van der Waals surface area contributed by atoms with Crippen molar-refractivity contribution in [2.45, 2.75) is 70.8 Å². The third-order valence-electron chi connectivity index (χ3n) is 3.09. The average Bonchev–Trinajstić information content (AvgIpc) is 2.45. The van der Waals surface area contributed by atoms with Gasteiger partial charge in [0.1, 0.15) is 0 Å². The maximum Gasteiger partial charge on any atom is 0.303 e. The molecule has 21 heavy (non-hydrogen) atoms. The molecule has 0 saturated heterocycles. The van der Waals surface area contributed by atoms with Crippen LogP contribution in [0.25, 0.3) is 0 Å². The molecule has 0 spiro atoms. The summed E-state index contributed by atoms with van der Waals surface area (Å²) >= 11 is 0. The Morgan fingerprint density at radius 1 is 0.952 bits per heavy atom. The number of unbranched alkanes of at least 4 members (excludes halogenated alkanes) is 5. The van der Waals surface area contributed by atoms with E-state index in [9.17, 15) is 9.90 Å². The summed E-state index contributed by atoms with van der Waals surface area (Å²) in [6.45, 7) is 2.18. The third kappa shape index (κ3) is 16.6. The Hall–Kier alpha value is -1.35. The summed E-state index contributed by atoms with van der Waals surface area (Å²) in [5.41, 5.74) is 0. The zero-order valence-electron chi connectivity index (χ0n) is 13.2. The molecule has 0 bridgehead atoms. The minimum absolute atomic E-state index is 0.254. The van der Waals surface area contributed by atoms with Crippen molar-refractivity contribution in [3.63, 3.8) is 0 Å². The van der Waals surface area contributed by atoms with Crippen molar-refractivity contribution in [1.82, 2.24) is 0 Å². The SMILES string of the molecule is CCCCC/C=C/C(O)/C=C/C/C=C/CCCCC(=O)O. The van der Waals surface area contributed by atoms with Crippen molar-refractivity contribution in [2.75, 3.05) is 0 Å². The van der Waals surface area contributed by atoms with Gasteiger partial charge in [-0.05, 0) is 38.5 Å². The van der Waals surface area contributed by atoms with Crippen molar-refractivity contribution >= 4 is 5.97 Å². The first-order chi connectivity index (χ1) is 10.2. The Kier molecular flexibility index (Phi) is 14.1. The van der Waals surface area contributed by atoms with Gasteiger partial charge in [-0.25, -0.2) is 0 Å². The largest absolute Gasteiger partial charge is 0.481 e. The fourth-order valence-electron chi connectivity index (χ4n) is 1.86. The summed E-state index contributed by atoms with van der Waals surface area (Å²) in [6.07, 6.45) is 19.6. The molecule has 0 aromatic carbocycles. The summed E-state index contributed by atoms with van der Waals surface area (Å²) in [5.74, 6) is -0.723. The molecule has 0 aliphatic rings. The van der Waals surface area contributed by atoms with E-state index in [1.54, 1.807) is 6.08 Å². The van der Waals surface area contributed by atoms with Crippen LogP contribution in [-0.2, 0) is 4.79 Å². The minimum Gasteiger partial charge on any atom is -0.481 e. The average molecular weight is 294 g/mol. The molecule has 0 aromatic rings. The molecule has 0 saturated carbocycles. The zero-order valence-corrected chi connectivity index (χ0v) is 13.2. The first-order valence-corrected chi connectivity index (χ1v) is 8.05. The Balaban J connectivity index is 3.54. The van der Waals surface area contributed by atoms with Gasteiger partial charge in [-0.15, -0.1) is 0 Å². The van der Waals surface area contributed by atoms with Crippen molar-refractivity contribution in [2.24, 2.45) is 0 Å². The van der Waals surface area contributed by atoms with Crippen LogP contribution in [0.5, 0.6) is 0 Å². The Bertz CT molecular complexity index is 329. The van der Waals surface area contributed by atoms with Crippen LogP contribution in [0, 0.1) is 0 Å². The van der Waals surface area contributed by atoms with E-state index in [0.29, 0.717) is 0 Å². The van der Waals surface area contributed by atoms with Crippen molar-refractivity contribution in [1.29, 1.82) is 0 Å². The lowest BCUT2D eigenvalue weighted by atomic mass is 10.1. The molecule has 0 aliphatic heterocycles. The number of aliphatic hydroxyl groups is 1. The van der Waals surface area contributed by atoms with Gasteiger partial charge < -0.3 is 10.2 Å². The molecule has 0 aromatic heterocycles. The molecule has 0 radical (unpaired) electrons. The van der Waals surface area contributed by atoms with Crippen molar-refractivity contribution in [3.8, 4) is 0 Å². The number of carboxylic acid groups (broad SMARTS) is 1. The van der Waals surface area contributed by atoms with Gasteiger partial charge in [0.2, 0.25) is 0 Å². The number of hydrogen-bond donors (Lipinski definition) is 2. The van der Waals surface area contributed by atoms with Gasteiger partial charge in [0.05, 0.1) is 6.10 Å². The van der Waals surface area contributed by atoms with E-state index in [1.807, 2.05) is 18.2 Å². The molecule has 120 valence electrons. The predicted molar refractivity (Wildman–Crippen MR) is 88.3 cm³/mol. The molecular formula is C18H30O3. The molecular weight excluding hydrogens is 264 g/mol. The normalized spacial score (nSPS) is 13.6. The van der Waals surface area contributed by atoms with Crippen LogP contribution in [0.1, 0.15) is 64.7 Å². The third-order valence-corrected chi connectivity index (χ3v) is 3.09. The summed E-state index contributed by atoms with van der Waals surface area (Å²) in [4.78, 5) is 10.3. The molecule has 0 rings (SSSR count). The lowest BCUT2D eigenvalue weighted by molar-refractivity contribution is -0.137. The second-order valence-corrected chi connectivity index (χ2v) is 5.19. The van der Waals surface area contributed by atoms with E-state index in [0.717, 1.165) is 32.1 Å². The van der Waals surface area contributed by atoms with E-state index in [4.69, 9.17) is 5.11 Å². The van der Waals surface area contributed by atoms with Gasteiger partial charge in [0.15, 0.2) is 0 Å². The first-order valence-electron chi connectivity index (χ1n) is 8.05. The van der Waals surface area contributed by atoms with Gasteiger partial charge in [-0.3, -0.25) is 4.79 Å². The molecule has 3 heteroatoms. The molecule has 1 atom stereocenters. The minimum atomic E-state index is -0.723. The van der Waals surface area contributed by atoms with Crippen LogP contribution in [0.15, 0.2) is 36.5 Å². The standard InChI is InChI=1S/C18H30O3/c1-2-3-4-8-11-14-17(19)15-12-9-6-5-7-10-13-16-18(20)21/h5-6,11-12,14-15,17,19H,2-4,7-10,13,16H2,1H3,(H,20,21)/b6-5+,14-11+,15-12+. The maximum absolute atomic E-state index is 10.3. The number of carbonyl (C=O) groups is 1. The highest BCUT2D eigenvalue weighted by atomic mass is 16.4. The molecule has 3 nitrogen and oxygen atoms in total. The van der Waals surface area contributed by atoms with E-state index >= 15 is 0 Å². The zero-order chi connectivity index (χ0) is 15.8. The smallest absolute Gasteiger partial charge is 0.303 e. The van der Waals surface area contributed by atoms with Crippen LogP contribution < -0.4 is 0 Å². The van der Waals surface area contributed by atoms with Gasteiger partial charge in [-0.2, -0.15) is 0 Å². The van der Waals surface area contributed by atoms with Gasteiger partial charge in [0, 0.05) is 6.42 Å². The monoisotopic (exact) mass is 294 g/mol. The fourth-order valence-corrected chi connectivity index (χ4v) is 1.86. The van der Waals surface area contributed by atoms with Crippen LogP contribution in [0.4, 0.5) is 0 Å². The Morgan fingerprint density at radius 2 is 1.62 bits per heavy atom. The molecule has 0 amide bonds. The summed E-state index contributed by atoms with van der Waals surface area (Å²) in [6, 6.07) is 0. The molecule has 1 unspecified atom stereocenters. The lowest BCUT2D eigenvalue weighted by Gasteiger charge is -1.97. The molecule has 0 aliphatic carbocycles. The topological polar surface area (TPSA) is 57.5 Å². The van der Waals surface area contributed by atoms with Crippen LogP contribution in [0.3, 0.4) is 0 Å². The van der Waals surface area contributed by atoms with Crippen molar-refractivity contribution < 1.29 is 15.0 Å². The number of aliphatic carboxylic acids is 1. The van der Waals surface area contributed by atoms with E-state index in [1.165, 1.54) is 19.3 Å². The number of hydrogen-bond acceptors (Lipinski definition) is 2. The number of rotatable bonds is 13. The highest BCUT2D eigenvalue weighted by molar-refractivity contribution is 5.66. The summed E-state index contributed by atoms with van der Waals surface area (Å²) in [5, 5.41) is 18.2. The van der Waals surface area contributed by atoms with E-state index in [2.05, 4.69) is 19.1 Å². The maximum atomic E-state index is 10.3.